The molecular weight excluding hydrogens is 268 g/mol. The lowest BCUT2D eigenvalue weighted by Gasteiger charge is -2.28. The molecular formula is C16H24N2O3. The molecule has 21 heavy (non-hydrogen) atoms. The summed E-state index contributed by atoms with van der Waals surface area (Å²) in [6, 6.07) is 3.59. The lowest BCUT2D eigenvalue weighted by Crippen LogP contribution is -2.43. The van der Waals surface area contributed by atoms with Gasteiger partial charge in [0.1, 0.15) is 5.69 Å². The minimum absolute atomic E-state index is 0.188. The number of rotatable bonds is 5. The zero-order valence-electron chi connectivity index (χ0n) is 12.6. The van der Waals surface area contributed by atoms with E-state index >= 15 is 0 Å². The molecule has 0 aromatic carbocycles. The third kappa shape index (κ3) is 3.46. The fourth-order valence-corrected chi connectivity index (χ4v) is 3.11. The van der Waals surface area contributed by atoms with E-state index in [4.69, 9.17) is 0 Å². The molecule has 1 fully saturated rings. The molecule has 1 aliphatic rings. The summed E-state index contributed by atoms with van der Waals surface area (Å²) in [6.07, 6.45) is 7.17. The van der Waals surface area contributed by atoms with Gasteiger partial charge in [-0.15, -0.1) is 0 Å². The second-order valence-electron chi connectivity index (χ2n) is 5.86. The quantitative estimate of drug-likeness (QED) is 0.820. The van der Waals surface area contributed by atoms with Crippen LogP contribution in [0.15, 0.2) is 18.3 Å². The molecule has 1 heterocycles. The Morgan fingerprint density at radius 1 is 1.29 bits per heavy atom. The van der Waals surface area contributed by atoms with E-state index in [0.717, 1.165) is 32.2 Å². The molecule has 1 aliphatic carbocycles. The van der Waals surface area contributed by atoms with Crippen molar-refractivity contribution in [3.05, 3.63) is 24.0 Å². The largest absolute Gasteiger partial charge is 0.481 e. The van der Waals surface area contributed by atoms with Crippen molar-refractivity contribution in [2.24, 2.45) is 5.41 Å². The number of nitrogens with zero attached hydrogens (tertiary/aromatic N) is 1. The van der Waals surface area contributed by atoms with Crippen molar-refractivity contribution >= 4 is 11.9 Å². The first kappa shape index (κ1) is 15.6. The molecule has 0 unspecified atom stereocenters. The Hall–Kier alpha value is -1.78. The summed E-state index contributed by atoms with van der Waals surface area (Å²) in [6.45, 7) is 2.91. The van der Waals surface area contributed by atoms with Gasteiger partial charge >= 0.3 is 5.97 Å². The second-order valence-corrected chi connectivity index (χ2v) is 5.86. The maximum absolute atomic E-state index is 12.3. The number of hydrogen-bond donors (Lipinski definition) is 2. The van der Waals surface area contributed by atoms with Crippen molar-refractivity contribution in [1.82, 2.24) is 9.88 Å². The highest BCUT2D eigenvalue weighted by molar-refractivity contribution is 5.93. The van der Waals surface area contributed by atoms with Gasteiger partial charge in [0.2, 0.25) is 0 Å². The van der Waals surface area contributed by atoms with Crippen molar-refractivity contribution in [3.8, 4) is 0 Å². The lowest BCUT2D eigenvalue weighted by molar-refractivity contribution is -0.149. The highest BCUT2D eigenvalue weighted by Crippen LogP contribution is 2.34. The minimum atomic E-state index is -0.796. The van der Waals surface area contributed by atoms with Crippen LogP contribution >= 0.6 is 0 Å². The van der Waals surface area contributed by atoms with Crippen LogP contribution in [0.1, 0.15) is 55.9 Å². The molecule has 1 aromatic rings. The first-order valence-electron chi connectivity index (χ1n) is 7.76. The lowest BCUT2D eigenvalue weighted by atomic mass is 9.80. The van der Waals surface area contributed by atoms with Crippen molar-refractivity contribution in [2.75, 3.05) is 6.54 Å². The fourth-order valence-electron chi connectivity index (χ4n) is 3.11. The average Bonchev–Trinajstić information content (AvgIpc) is 2.82. The van der Waals surface area contributed by atoms with Gasteiger partial charge in [0.15, 0.2) is 0 Å². The van der Waals surface area contributed by atoms with Crippen LogP contribution in [0.3, 0.4) is 0 Å². The van der Waals surface area contributed by atoms with Crippen LogP contribution in [-0.4, -0.2) is 28.1 Å². The molecule has 0 saturated heterocycles. The second kappa shape index (κ2) is 6.78. The third-order valence-electron chi connectivity index (χ3n) is 4.50. The minimum Gasteiger partial charge on any atom is -0.481 e. The zero-order valence-corrected chi connectivity index (χ0v) is 12.6. The Balaban J connectivity index is 2.05. The number of nitrogens with one attached hydrogen (secondary N) is 1. The molecule has 0 bridgehead atoms. The number of aromatic nitrogens is 1. The van der Waals surface area contributed by atoms with Crippen LogP contribution in [0, 0.1) is 5.41 Å². The Morgan fingerprint density at radius 2 is 1.95 bits per heavy atom. The number of carbonyl (C=O) groups is 2. The number of hydrogen-bond acceptors (Lipinski definition) is 2. The fraction of sp³-hybridized carbons (Fsp3) is 0.625. The summed E-state index contributed by atoms with van der Waals surface area (Å²) in [7, 11) is 0. The van der Waals surface area contributed by atoms with Crippen LogP contribution in [0.25, 0.3) is 0 Å². The predicted molar refractivity (Wildman–Crippen MR) is 80.2 cm³/mol. The summed E-state index contributed by atoms with van der Waals surface area (Å²) in [5.41, 5.74) is -0.206. The summed E-state index contributed by atoms with van der Waals surface area (Å²) in [5.74, 6) is -0.970. The van der Waals surface area contributed by atoms with E-state index in [-0.39, 0.29) is 12.5 Å². The number of aryl methyl sites for hydroxylation is 1. The summed E-state index contributed by atoms with van der Waals surface area (Å²) in [5, 5.41) is 12.4. The van der Waals surface area contributed by atoms with Gasteiger partial charge in [-0.25, -0.2) is 0 Å². The Morgan fingerprint density at radius 3 is 2.52 bits per heavy atom. The van der Waals surface area contributed by atoms with Gasteiger partial charge in [-0.05, 0) is 31.9 Å². The van der Waals surface area contributed by atoms with E-state index in [0.29, 0.717) is 18.5 Å². The molecule has 0 radical (unpaired) electrons. The highest BCUT2D eigenvalue weighted by atomic mass is 16.4. The highest BCUT2D eigenvalue weighted by Gasteiger charge is 2.39. The van der Waals surface area contributed by atoms with Gasteiger partial charge in [0, 0.05) is 19.3 Å². The molecule has 1 amide bonds. The van der Waals surface area contributed by atoms with Crippen LogP contribution in [0.2, 0.25) is 0 Å². The molecule has 0 spiro atoms. The normalized spacial score (nSPS) is 18.0. The molecule has 2 rings (SSSR count). The Kier molecular flexibility index (Phi) is 5.04. The smallest absolute Gasteiger partial charge is 0.311 e. The van der Waals surface area contributed by atoms with E-state index in [1.165, 1.54) is 0 Å². The summed E-state index contributed by atoms with van der Waals surface area (Å²) >= 11 is 0. The van der Waals surface area contributed by atoms with Gasteiger partial charge in [0.25, 0.3) is 5.91 Å². The van der Waals surface area contributed by atoms with E-state index in [9.17, 15) is 14.7 Å². The molecule has 5 heteroatoms. The summed E-state index contributed by atoms with van der Waals surface area (Å²) in [4.78, 5) is 23.9. The first-order valence-corrected chi connectivity index (χ1v) is 7.76. The number of carboxylic acids is 1. The number of aliphatic carboxylic acids is 1. The molecule has 1 saturated carbocycles. The Bertz CT molecular complexity index is 499. The molecule has 2 N–H and O–H groups in total. The number of amides is 1. The van der Waals surface area contributed by atoms with Crippen molar-refractivity contribution in [1.29, 1.82) is 0 Å². The topological polar surface area (TPSA) is 71.3 Å². The monoisotopic (exact) mass is 292 g/mol. The van der Waals surface area contributed by atoms with Crippen LogP contribution < -0.4 is 5.32 Å². The van der Waals surface area contributed by atoms with Gasteiger partial charge < -0.3 is 15.0 Å². The van der Waals surface area contributed by atoms with Gasteiger partial charge in [-0.3, -0.25) is 9.59 Å². The molecule has 5 nitrogen and oxygen atoms in total. The van der Waals surface area contributed by atoms with E-state index in [1.807, 2.05) is 23.8 Å². The van der Waals surface area contributed by atoms with Crippen LogP contribution in [-0.2, 0) is 11.3 Å². The van der Waals surface area contributed by atoms with Crippen LogP contribution in [0.5, 0.6) is 0 Å². The SMILES string of the molecule is CCn1cccc1C(=O)NCC1(C(=O)O)CCCCCC1. The first-order chi connectivity index (χ1) is 10.1. The van der Waals surface area contributed by atoms with Crippen molar-refractivity contribution in [3.63, 3.8) is 0 Å². The zero-order chi connectivity index (χ0) is 15.3. The predicted octanol–water partition coefficient (Wildman–Crippen LogP) is 2.66. The van der Waals surface area contributed by atoms with E-state index in [2.05, 4.69) is 5.32 Å². The van der Waals surface area contributed by atoms with Gasteiger partial charge in [-0.2, -0.15) is 0 Å². The Labute approximate surface area is 125 Å². The maximum atomic E-state index is 12.3. The van der Waals surface area contributed by atoms with Crippen molar-refractivity contribution in [2.45, 2.75) is 52.0 Å². The number of carboxylic acid groups (broad SMARTS) is 1. The summed E-state index contributed by atoms with van der Waals surface area (Å²) < 4.78 is 1.86. The van der Waals surface area contributed by atoms with Crippen LogP contribution in [0.4, 0.5) is 0 Å². The van der Waals surface area contributed by atoms with Gasteiger partial charge in [0.05, 0.1) is 5.41 Å². The van der Waals surface area contributed by atoms with E-state index in [1.54, 1.807) is 6.07 Å². The molecule has 0 atom stereocenters. The molecule has 116 valence electrons. The van der Waals surface area contributed by atoms with Gasteiger partial charge in [-0.1, -0.05) is 25.7 Å². The molecule has 1 aromatic heterocycles. The standard InChI is InChI=1S/C16H24N2O3/c1-2-18-11-7-8-13(18)14(19)17-12-16(15(20)21)9-5-3-4-6-10-16/h7-8,11H,2-6,9-10,12H2,1H3,(H,17,19)(H,20,21). The van der Waals surface area contributed by atoms with Crippen molar-refractivity contribution < 1.29 is 14.7 Å². The van der Waals surface area contributed by atoms with E-state index < -0.39 is 11.4 Å². The maximum Gasteiger partial charge on any atom is 0.311 e. The molecule has 0 aliphatic heterocycles. The number of carbonyl (C=O) groups excluding carboxylic acids is 1. The average molecular weight is 292 g/mol. The third-order valence-corrected chi connectivity index (χ3v) is 4.50.